The predicted molar refractivity (Wildman–Crippen MR) is 145 cm³/mol. The highest BCUT2D eigenvalue weighted by Gasteiger charge is 2.57. The minimum atomic E-state index is -1.07. The molecule has 0 aliphatic carbocycles. The second-order valence-corrected chi connectivity index (χ2v) is 9.38. The summed E-state index contributed by atoms with van der Waals surface area (Å²) >= 11 is 0. The molecule has 7 heteroatoms. The Kier molecular flexibility index (Phi) is 10.2. The zero-order chi connectivity index (χ0) is 27.3. The normalized spacial score (nSPS) is 22.6. The van der Waals surface area contributed by atoms with E-state index < -0.39 is 23.9 Å². The van der Waals surface area contributed by atoms with E-state index in [2.05, 4.69) is 6.07 Å². The maximum atomic E-state index is 10.0. The summed E-state index contributed by atoms with van der Waals surface area (Å²) in [6.07, 6.45) is -0.638. The van der Waals surface area contributed by atoms with Gasteiger partial charge in [0, 0.05) is 0 Å². The molecule has 3 aromatic rings. The number of hydrogen-bond donors (Lipinski definition) is 0. The maximum Gasteiger partial charge on any atom is 0.173 e. The van der Waals surface area contributed by atoms with Gasteiger partial charge < -0.3 is 23.7 Å². The molecule has 1 heterocycles. The molecule has 0 N–H and O–H groups in total. The van der Waals surface area contributed by atoms with Crippen molar-refractivity contribution >= 4 is 0 Å². The van der Waals surface area contributed by atoms with Gasteiger partial charge in [0.05, 0.1) is 32.0 Å². The first-order chi connectivity index (χ1) is 19.1. The number of rotatable bonds is 13. The summed E-state index contributed by atoms with van der Waals surface area (Å²) in [5.41, 5.74) is 2.16. The van der Waals surface area contributed by atoms with Crippen molar-refractivity contribution in [3.05, 3.63) is 120 Å². The zero-order valence-electron chi connectivity index (χ0n) is 21.9. The molecular formula is C32H32N2O5. The van der Waals surface area contributed by atoms with Gasteiger partial charge in [-0.3, -0.25) is 0 Å². The molecule has 4 rings (SSSR count). The molecule has 0 aromatic heterocycles. The summed E-state index contributed by atoms with van der Waals surface area (Å²) in [5.74, 6) is 0. The van der Waals surface area contributed by atoms with Crippen molar-refractivity contribution < 1.29 is 23.7 Å². The average molecular weight is 525 g/mol. The summed E-state index contributed by atoms with van der Waals surface area (Å²) in [7, 11) is 0. The van der Waals surface area contributed by atoms with Gasteiger partial charge in [0.15, 0.2) is 6.61 Å². The van der Waals surface area contributed by atoms with Crippen LogP contribution in [-0.2, 0) is 43.5 Å². The summed E-state index contributed by atoms with van der Waals surface area (Å²) in [5, 5.41) is 18.9. The highest BCUT2D eigenvalue weighted by molar-refractivity contribution is 5.31. The van der Waals surface area contributed by atoms with Crippen LogP contribution in [0.2, 0.25) is 0 Å². The highest BCUT2D eigenvalue weighted by Crippen LogP contribution is 2.41. The van der Waals surface area contributed by atoms with E-state index in [1.54, 1.807) is 0 Å². The van der Waals surface area contributed by atoms with Gasteiger partial charge in [-0.1, -0.05) is 91.0 Å². The third-order valence-corrected chi connectivity index (χ3v) is 6.56. The molecule has 0 bridgehead atoms. The largest absolute Gasteiger partial charge is 0.485 e. The maximum absolute atomic E-state index is 10.0. The van der Waals surface area contributed by atoms with Crippen LogP contribution in [-0.4, -0.2) is 37.1 Å². The van der Waals surface area contributed by atoms with Gasteiger partial charge >= 0.3 is 0 Å². The van der Waals surface area contributed by atoms with Crippen LogP contribution < -0.4 is 0 Å². The molecule has 39 heavy (non-hydrogen) atoms. The first kappa shape index (κ1) is 28.0. The first-order valence-corrected chi connectivity index (χ1v) is 12.8. The molecule has 0 saturated carbocycles. The van der Waals surface area contributed by atoms with E-state index >= 15 is 0 Å². The SMILES string of the molecule is C[C@@]1(OCc2ccccc2)[C@H](OCc2ccccc2)[C@@H](COCc2ccccc2)O[C@H]1/C(C#N)=C/OCC#N. The van der Waals surface area contributed by atoms with Gasteiger partial charge in [-0.25, -0.2) is 0 Å². The van der Waals surface area contributed by atoms with Gasteiger partial charge in [0.25, 0.3) is 0 Å². The summed E-state index contributed by atoms with van der Waals surface area (Å²) < 4.78 is 30.9. The Bertz CT molecular complexity index is 1270. The minimum Gasteiger partial charge on any atom is -0.485 e. The second-order valence-electron chi connectivity index (χ2n) is 9.38. The van der Waals surface area contributed by atoms with Gasteiger partial charge in [-0.05, 0) is 23.6 Å². The number of benzene rings is 3. The predicted octanol–water partition coefficient (Wildman–Crippen LogP) is 5.48. The van der Waals surface area contributed by atoms with E-state index in [4.69, 9.17) is 28.9 Å². The van der Waals surface area contributed by atoms with Crippen molar-refractivity contribution in [2.45, 2.75) is 50.7 Å². The van der Waals surface area contributed by atoms with Crippen molar-refractivity contribution in [1.29, 1.82) is 10.5 Å². The lowest BCUT2D eigenvalue weighted by Gasteiger charge is -2.35. The molecule has 1 aliphatic rings. The fourth-order valence-corrected chi connectivity index (χ4v) is 4.59. The molecule has 3 aromatic carbocycles. The van der Waals surface area contributed by atoms with Crippen molar-refractivity contribution in [2.24, 2.45) is 0 Å². The lowest BCUT2D eigenvalue weighted by atomic mass is 9.88. The number of ether oxygens (including phenoxy) is 5. The van der Waals surface area contributed by atoms with Crippen LogP contribution in [0.25, 0.3) is 0 Å². The highest BCUT2D eigenvalue weighted by atomic mass is 16.6. The Morgan fingerprint density at radius 3 is 1.97 bits per heavy atom. The average Bonchev–Trinajstić information content (AvgIpc) is 3.25. The lowest BCUT2D eigenvalue weighted by molar-refractivity contribution is -0.142. The Morgan fingerprint density at radius 2 is 1.41 bits per heavy atom. The summed E-state index contributed by atoms with van der Waals surface area (Å²) in [6.45, 7) is 2.97. The standard InChI is InChI=1S/C32H32N2O5/c1-32(38-22-27-15-9-4-10-16-27)30(28(19-34)23-35-18-17-33)39-29(24-36-20-25-11-5-2-6-12-25)31(32)37-21-26-13-7-3-8-14-26/h2-16,23,29-31H,18,20-22,24H2,1H3/b28-23+/t29-,30+,31-,32+/m1/s1. The molecule has 7 nitrogen and oxygen atoms in total. The van der Waals surface area contributed by atoms with Crippen LogP contribution in [0.3, 0.4) is 0 Å². The van der Waals surface area contributed by atoms with Gasteiger partial charge in [0.2, 0.25) is 0 Å². The van der Waals surface area contributed by atoms with E-state index in [1.807, 2.05) is 104 Å². The molecule has 200 valence electrons. The first-order valence-electron chi connectivity index (χ1n) is 12.8. The molecule has 1 aliphatic heterocycles. The molecule has 0 amide bonds. The van der Waals surface area contributed by atoms with Gasteiger partial charge in [-0.2, -0.15) is 10.5 Å². The Balaban J connectivity index is 1.61. The fourth-order valence-electron chi connectivity index (χ4n) is 4.59. The van der Waals surface area contributed by atoms with Gasteiger partial charge in [0.1, 0.15) is 42.3 Å². The summed E-state index contributed by atoms with van der Waals surface area (Å²) in [4.78, 5) is 0. The van der Waals surface area contributed by atoms with Gasteiger partial charge in [-0.15, -0.1) is 0 Å². The summed E-state index contributed by atoms with van der Waals surface area (Å²) in [6, 6.07) is 33.6. The molecule has 0 spiro atoms. The van der Waals surface area contributed by atoms with Crippen molar-refractivity contribution in [2.75, 3.05) is 13.2 Å². The zero-order valence-corrected chi connectivity index (χ0v) is 21.9. The van der Waals surface area contributed by atoms with E-state index in [1.165, 1.54) is 6.26 Å². The van der Waals surface area contributed by atoms with Crippen molar-refractivity contribution in [3.63, 3.8) is 0 Å². The van der Waals surface area contributed by atoms with Crippen LogP contribution in [0.1, 0.15) is 23.6 Å². The Labute approximate surface area is 229 Å². The Morgan fingerprint density at radius 1 is 0.846 bits per heavy atom. The fraction of sp³-hybridized carbons (Fsp3) is 0.312. The van der Waals surface area contributed by atoms with E-state index in [9.17, 15) is 5.26 Å². The smallest absolute Gasteiger partial charge is 0.173 e. The third-order valence-electron chi connectivity index (χ3n) is 6.56. The lowest BCUT2D eigenvalue weighted by Crippen LogP contribution is -2.50. The minimum absolute atomic E-state index is 0.183. The van der Waals surface area contributed by atoms with Crippen LogP contribution in [0.15, 0.2) is 103 Å². The molecule has 1 fully saturated rings. The van der Waals surface area contributed by atoms with Crippen LogP contribution in [0.4, 0.5) is 0 Å². The number of nitrogens with zero attached hydrogens (tertiary/aromatic N) is 2. The van der Waals surface area contributed by atoms with Crippen LogP contribution >= 0.6 is 0 Å². The number of hydrogen-bond acceptors (Lipinski definition) is 7. The monoisotopic (exact) mass is 524 g/mol. The van der Waals surface area contributed by atoms with E-state index in [0.717, 1.165) is 16.7 Å². The molecule has 4 atom stereocenters. The van der Waals surface area contributed by atoms with E-state index in [-0.39, 0.29) is 25.4 Å². The van der Waals surface area contributed by atoms with Crippen molar-refractivity contribution in [3.8, 4) is 12.1 Å². The topological polar surface area (TPSA) is 93.7 Å². The number of nitriles is 2. The van der Waals surface area contributed by atoms with E-state index in [0.29, 0.717) is 13.2 Å². The van der Waals surface area contributed by atoms with Crippen molar-refractivity contribution in [1.82, 2.24) is 0 Å². The van der Waals surface area contributed by atoms with Crippen LogP contribution in [0.5, 0.6) is 0 Å². The quantitative estimate of drug-likeness (QED) is 0.166. The van der Waals surface area contributed by atoms with Crippen LogP contribution in [0, 0.1) is 22.7 Å². The molecule has 0 unspecified atom stereocenters. The molecule has 1 saturated heterocycles. The molecular weight excluding hydrogens is 492 g/mol. The Hall–Kier alpha value is -3.98. The second kappa shape index (κ2) is 14.2. The third kappa shape index (κ3) is 7.54. The molecule has 0 radical (unpaired) electrons.